The molecule has 2 rings (SSSR count). The summed E-state index contributed by atoms with van der Waals surface area (Å²) in [4.78, 5) is 6.36. The Balaban J connectivity index is 2.69. The molecule has 0 saturated heterocycles. The largest absolute Gasteiger partial charge is 0.339 e. The van der Waals surface area contributed by atoms with E-state index >= 15 is 0 Å². The minimum Gasteiger partial charge on any atom is -0.339 e. The van der Waals surface area contributed by atoms with Gasteiger partial charge >= 0.3 is 0 Å². The minimum absolute atomic E-state index is 0.0820. The van der Waals surface area contributed by atoms with Gasteiger partial charge in [0, 0.05) is 12.3 Å². The minimum atomic E-state index is -4.13. The van der Waals surface area contributed by atoms with E-state index in [9.17, 15) is 21.2 Å². The molecule has 130 valence electrons. The van der Waals surface area contributed by atoms with Crippen LogP contribution in [0.3, 0.4) is 0 Å². The predicted octanol–water partition coefficient (Wildman–Crippen LogP) is 1.32. The number of halogens is 2. The maximum absolute atomic E-state index is 14.1. The van der Waals surface area contributed by atoms with Gasteiger partial charge in [-0.3, -0.25) is 0 Å². The van der Waals surface area contributed by atoms with E-state index < -0.39 is 35.5 Å². The Morgan fingerprint density at radius 3 is 2.29 bits per heavy atom. The molecule has 0 aliphatic heterocycles. The molecular weight excluding hydrogens is 383 g/mol. The van der Waals surface area contributed by atoms with Crippen molar-refractivity contribution < 1.29 is 21.2 Å². The summed E-state index contributed by atoms with van der Waals surface area (Å²) in [6.45, 7) is 0. The van der Waals surface area contributed by atoms with Crippen LogP contribution in [0, 0.1) is 5.82 Å². The topological polar surface area (TPSA) is 118 Å². The number of nitrogens with one attached hydrogen (secondary N) is 2. The molecule has 0 saturated carbocycles. The zero-order chi connectivity index (χ0) is 18.1. The molecule has 12 heteroatoms. The Morgan fingerprint density at radius 2 is 1.75 bits per heavy atom. The van der Waals surface area contributed by atoms with Crippen LogP contribution >= 0.6 is 11.6 Å². The standard InChI is InChI=1S/C12H12ClFN4O4S2/c1-15-24(21,22)9-4-8(10(3-7(9)14)23(2,19)20)18-12-5-11(13)16-6-17-12/h3-6,15H,1-2H3,(H,16,17,18). The summed E-state index contributed by atoms with van der Waals surface area (Å²) in [5, 5.41) is 2.69. The van der Waals surface area contributed by atoms with Gasteiger partial charge in [0.1, 0.15) is 28.0 Å². The molecule has 0 aliphatic rings. The average Bonchev–Trinajstić information content (AvgIpc) is 2.47. The Labute approximate surface area is 143 Å². The van der Waals surface area contributed by atoms with E-state index in [-0.39, 0.29) is 16.7 Å². The quantitative estimate of drug-likeness (QED) is 0.734. The van der Waals surface area contributed by atoms with E-state index in [1.807, 2.05) is 4.72 Å². The van der Waals surface area contributed by atoms with E-state index in [0.717, 1.165) is 25.7 Å². The molecular formula is C12H12ClFN4O4S2. The lowest BCUT2D eigenvalue weighted by molar-refractivity contribution is 0.557. The first kappa shape index (κ1) is 18.5. The summed E-state index contributed by atoms with van der Waals surface area (Å²) in [6.07, 6.45) is 1.99. The van der Waals surface area contributed by atoms with E-state index in [1.165, 1.54) is 6.07 Å². The normalized spacial score (nSPS) is 12.2. The van der Waals surface area contributed by atoms with Crippen LogP contribution in [0.4, 0.5) is 15.9 Å². The summed E-state index contributed by atoms with van der Waals surface area (Å²) in [5.74, 6) is -1.09. The Hall–Kier alpha value is -1.82. The number of benzene rings is 1. The highest BCUT2D eigenvalue weighted by Crippen LogP contribution is 2.30. The lowest BCUT2D eigenvalue weighted by Gasteiger charge is -2.13. The van der Waals surface area contributed by atoms with Crippen LogP contribution in [-0.2, 0) is 19.9 Å². The fourth-order valence-corrected chi connectivity index (χ4v) is 3.58. The van der Waals surface area contributed by atoms with Gasteiger partial charge in [0.2, 0.25) is 10.0 Å². The van der Waals surface area contributed by atoms with Crippen LogP contribution in [0.25, 0.3) is 0 Å². The van der Waals surface area contributed by atoms with Crippen LogP contribution in [-0.4, -0.2) is 40.1 Å². The molecule has 2 N–H and O–H groups in total. The van der Waals surface area contributed by atoms with E-state index in [2.05, 4.69) is 15.3 Å². The Morgan fingerprint density at radius 1 is 1.08 bits per heavy atom. The van der Waals surface area contributed by atoms with Gasteiger partial charge in [-0.05, 0) is 19.2 Å². The van der Waals surface area contributed by atoms with Gasteiger partial charge in [0.15, 0.2) is 9.84 Å². The van der Waals surface area contributed by atoms with Crippen LogP contribution < -0.4 is 10.0 Å². The van der Waals surface area contributed by atoms with Crippen molar-refractivity contribution in [2.75, 3.05) is 18.6 Å². The third-order valence-electron chi connectivity index (χ3n) is 2.89. The van der Waals surface area contributed by atoms with Crippen molar-refractivity contribution in [3.8, 4) is 0 Å². The molecule has 0 spiro atoms. The summed E-state index contributed by atoms with van der Waals surface area (Å²) < 4.78 is 63.5. The van der Waals surface area contributed by atoms with Gasteiger partial charge in [-0.25, -0.2) is 35.9 Å². The number of nitrogens with zero attached hydrogens (tertiary/aromatic N) is 2. The molecule has 24 heavy (non-hydrogen) atoms. The van der Waals surface area contributed by atoms with Crippen molar-refractivity contribution >= 4 is 43.0 Å². The van der Waals surface area contributed by atoms with Gasteiger partial charge in [0.05, 0.1) is 10.6 Å². The Kier molecular flexibility index (Phi) is 5.08. The summed E-state index contributed by atoms with van der Waals surface area (Å²) in [7, 11) is -6.87. The monoisotopic (exact) mass is 394 g/mol. The molecule has 0 bridgehead atoms. The van der Waals surface area contributed by atoms with Crippen LogP contribution in [0.1, 0.15) is 0 Å². The lowest BCUT2D eigenvalue weighted by Crippen LogP contribution is -2.20. The zero-order valence-electron chi connectivity index (χ0n) is 12.4. The number of sulfonamides is 1. The zero-order valence-corrected chi connectivity index (χ0v) is 14.8. The first-order valence-corrected chi connectivity index (χ1v) is 10.0. The highest BCUT2D eigenvalue weighted by Gasteiger charge is 2.24. The fourth-order valence-electron chi connectivity index (χ4n) is 1.80. The molecule has 0 amide bonds. The molecule has 0 fully saturated rings. The number of hydrogen-bond donors (Lipinski definition) is 2. The second-order valence-electron chi connectivity index (χ2n) is 4.61. The first-order valence-electron chi connectivity index (χ1n) is 6.26. The van der Waals surface area contributed by atoms with Gasteiger partial charge in [-0.15, -0.1) is 0 Å². The molecule has 1 aromatic carbocycles. The molecule has 0 radical (unpaired) electrons. The van der Waals surface area contributed by atoms with Crippen molar-refractivity contribution in [2.45, 2.75) is 9.79 Å². The van der Waals surface area contributed by atoms with Gasteiger partial charge in [-0.1, -0.05) is 11.6 Å². The number of hydrogen-bond acceptors (Lipinski definition) is 7. The van der Waals surface area contributed by atoms with E-state index in [1.54, 1.807) is 0 Å². The first-order chi connectivity index (χ1) is 11.0. The number of anilines is 2. The maximum atomic E-state index is 14.1. The summed E-state index contributed by atoms with van der Waals surface area (Å²) >= 11 is 5.72. The Bertz CT molecular complexity index is 996. The third-order valence-corrected chi connectivity index (χ3v) is 5.66. The van der Waals surface area contributed by atoms with Crippen molar-refractivity contribution in [1.82, 2.24) is 14.7 Å². The molecule has 2 aromatic rings. The molecule has 8 nitrogen and oxygen atoms in total. The smallest absolute Gasteiger partial charge is 0.243 e. The molecule has 0 atom stereocenters. The third kappa shape index (κ3) is 3.98. The van der Waals surface area contributed by atoms with Crippen LogP contribution in [0.2, 0.25) is 5.15 Å². The number of sulfone groups is 1. The maximum Gasteiger partial charge on any atom is 0.243 e. The molecule has 1 aromatic heterocycles. The van der Waals surface area contributed by atoms with E-state index in [0.29, 0.717) is 6.07 Å². The van der Waals surface area contributed by atoms with Gasteiger partial charge in [0.25, 0.3) is 0 Å². The van der Waals surface area contributed by atoms with Crippen LogP contribution in [0.5, 0.6) is 0 Å². The van der Waals surface area contributed by atoms with Crippen molar-refractivity contribution in [1.29, 1.82) is 0 Å². The lowest BCUT2D eigenvalue weighted by atomic mass is 10.3. The number of rotatable bonds is 5. The van der Waals surface area contributed by atoms with Crippen molar-refractivity contribution in [3.05, 3.63) is 35.5 Å². The van der Waals surface area contributed by atoms with Crippen molar-refractivity contribution in [2.24, 2.45) is 0 Å². The second kappa shape index (κ2) is 6.59. The molecule has 0 aliphatic carbocycles. The summed E-state index contributed by atoms with van der Waals surface area (Å²) in [5.41, 5.74) is -0.164. The SMILES string of the molecule is CNS(=O)(=O)c1cc(Nc2cc(Cl)ncn2)c(S(C)(=O)=O)cc1F. The second-order valence-corrected chi connectivity index (χ2v) is 8.84. The summed E-state index contributed by atoms with van der Waals surface area (Å²) in [6, 6.07) is 2.79. The molecule has 0 unspecified atom stereocenters. The average molecular weight is 395 g/mol. The predicted molar refractivity (Wildman–Crippen MR) is 86.1 cm³/mol. The fraction of sp³-hybridized carbons (Fsp3) is 0.167. The highest BCUT2D eigenvalue weighted by molar-refractivity contribution is 7.91. The van der Waals surface area contributed by atoms with Gasteiger partial charge in [-0.2, -0.15) is 0 Å². The van der Waals surface area contributed by atoms with Crippen LogP contribution in [0.15, 0.2) is 34.3 Å². The van der Waals surface area contributed by atoms with E-state index in [4.69, 9.17) is 11.6 Å². The van der Waals surface area contributed by atoms with Crippen molar-refractivity contribution in [3.63, 3.8) is 0 Å². The molecule has 1 heterocycles. The number of aromatic nitrogens is 2. The van der Waals surface area contributed by atoms with Gasteiger partial charge < -0.3 is 5.32 Å². The highest BCUT2D eigenvalue weighted by atomic mass is 35.5.